The number of fused-ring (bicyclic) bond motifs is 1. The molecule has 4 nitrogen and oxygen atoms in total. The Morgan fingerprint density at radius 1 is 1.43 bits per heavy atom. The third kappa shape index (κ3) is 2.86. The van der Waals surface area contributed by atoms with Crippen molar-refractivity contribution >= 4 is 38.9 Å². The number of benzene rings is 1. The van der Waals surface area contributed by atoms with Crippen LogP contribution in [0.15, 0.2) is 30.5 Å². The number of hydrogen-bond donors (Lipinski definition) is 1. The lowest BCUT2D eigenvalue weighted by atomic mass is 10.1. The zero-order valence-corrected chi connectivity index (χ0v) is 14.8. The Kier molecular flexibility index (Phi) is 4.41. The quantitative estimate of drug-likeness (QED) is 0.751. The van der Waals surface area contributed by atoms with Gasteiger partial charge in [-0.2, -0.15) is 5.10 Å². The van der Waals surface area contributed by atoms with Gasteiger partial charge in [-0.25, -0.2) is 0 Å². The molecule has 120 valence electrons. The maximum absolute atomic E-state index is 12.6. The molecule has 0 aliphatic carbocycles. The van der Waals surface area contributed by atoms with Gasteiger partial charge in [-0.1, -0.05) is 29.8 Å². The fraction of sp³-hybridized carbons (Fsp3) is 0.294. The average molecular weight is 348 g/mol. The summed E-state index contributed by atoms with van der Waals surface area (Å²) in [5.74, 6) is -0.146. The van der Waals surface area contributed by atoms with E-state index in [1.807, 2.05) is 55.9 Å². The lowest BCUT2D eigenvalue weighted by molar-refractivity contribution is 0.0944. The van der Waals surface area contributed by atoms with Gasteiger partial charge in [0.05, 0.1) is 17.3 Å². The minimum Gasteiger partial charge on any atom is -0.345 e. The molecule has 0 bridgehead atoms. The van der Waals surface area contributed by atoms with Crippen molar-refractivity contribution < 1.29 is 4.79 Å². The summed E-state index contributed by atoms with van der Waals surface area (Å²) in [7, 11) is 0. The van der Waals surface area contributed by atoms with Crippen LogP contribution in [0.1, 0.15) is 40.8 Å². The smallest absolute Gasteiger partial charge is 0.263 e. The van der Waals surface area contributed by atoms with Crippen LogP contribution in [-0.2, 0) is 6.54 Å². The second-order valence-corrected chi connectivity index (χ2v) is 6.87. The monoisotopic (exact) mass is 347 g/mol. The highest BCUT2D eigenvalue weighted by Gasteiger charge is 2.20. The minimum absolute atomic E-state index is 0.121. The van der Waals surface area contributed by atoms with E-state index in [-0.39, 0.29) is 11.9 Å². The summed E-state index contributed by atoms with van der Waals surface area (Å²) in [6.45, 7) is 6.84. The molecule has 0 aliphatic rings. The van der Waals surface area contributed by atoms with Gasteiger partial charge in [0.1, 0.15) is 4.88 Å². The number of amides is 1. The first-order valence-corrected chi connectivity index (χ1v) is 8.72. The molecule has 23 heavy (non-hydrogen) atoms. The summed E-state index contributed by atoms with van der Waals surface area (Å²) < 4.78 is 2.94. The van der Waals surface area contributed by atoms with Gasteiger partial charge in [0.2, 0.25) is 0 Å². The number of halogens is 1. The van der Waals surface area contributed by atoms with E-state index in [9.17, 15) is 4.79 Å². The van der Waals surface area contributed by atoms with E-state index in [0.29, 0.717) is 9.90 Å². The fourth-order valence-electron chi connectivity index (χ4n) is 2.70. The molecule has 0 aliphatic heterocycles. The molecule has 3 aromatic rings. The van der Waals surface area contributed by atoms with Crippen molar-refractivity contribution in [3.8, 4) is 0 Å². The van der Waals surface area contributed by atoms with Crippen LogP contribution in [0.4, 0.5) is 0 Å². The maximum atomic E-state index is 12.6. The number of aromatic nitrogens is 2. The van der Waals surface area contributed by atoms with Crippen LogP contribution in [0.25, 0.3) is 10.1 Å². The third-order valence-electron chi connectivity index (χ3n) is 4.00. The van der Waals surface area contributed by atoms with Gasteiger partial charge in [-0.05, 0) is 26.8 Å². The molecule has 6 heteroatoms. The summed E-state index contributed by atoms with van der Waals surface area (Å²) in [6.07, 6.45) is 1.82. The van der Waals surface area contributed by atoms with Crippen molar-refractivity contribution in [2.75, 3.05) is 0 Å². The van der Waals surface area contributed by atoms with Crippen molar-refractivity contribution in [1.82, 2.24) is 15.1 Å². The second kappa shape index (κ2) is 6.34. The molecule has 0 saturated heterocycles. The van der Waals surface area contributed by atoms with E-state index in [0.717, 1.165) is 27.9 Å². The van der Waals surface area contributed by atoms with E-state index >= 15 is 0 Å². The Bertz CT molecular complexity index is 868. The van der Waals surface area contributed by atoms with Crippen LogP contribution >= 0.6 is 22.9 Å². The number of nitrogens with one attached hydrogen (secondary N) is 1. The van der Waals surface area contributed by atoms with Crippen molar-refractivity contribution in [3.63, 3.8) is 0 Å². The minimum atomic E-state index is -0.146. The zero-order valence-electron chi connectivity index (χ0n) is 13.3. The first-order valence-electron chi connectivity index (χ1n) is 7.53. The Labute approximate surface area is 144 Å². The molecule has 0 saturated carbocycles. The van der Waals surface area contributed by atoms with Crippen molar-refractivity contribution in [1.29, 1.82) is 0 Å². The number of aryl methyl sites for hydroxylation is 1. The van der Waals surface area contributed by atoms with Crippen LogP contribution < -0.4 is 5.32 Å². The van der Waals surface area contributed by atoms with Gasteiger partial charge in [0, 0.05) is 27.9 Å². The standard InChI is InChI=1S/C17H18ClN3OS/c1-4-21-11(3)13(9-19-21)10(2)20-17(22)16-15(18)12-7-5-6-8-14(12)23-16/h5-10H,4H2,1-3H3,(H,20,22). The molecule has 1 atom stereocenters. The second-order valence-electron chi connectivity index (χ2n) is 5.44. The van der Waals surface area contributed by atoms with Crippen LogP contribution in [-0.4, -0.2) is 15.7 Å². The summed E-state index contributed by atoms with van der Waals surface area (Å²) in [6, 6.07) is 7.66. The molecule has 0 spiro atoms. The number of thiophene rings is 1. The van der Waals surface area contributed by atoms with E-state index in [1.165, 1.54) is 11.3 Å². The zero-order chi connectivity index (χ0) is 16.6. The normalized spacial score (nSPS) is 12.5. The van der Waals surface area contributed by atoms with Crippen LogP contribution in [0.2, 0.25) is 5.02 Å². The topological polar surface area (TPSA) is 46.9 Å². The number of carbonyl (C=O) groups excluding carboxylic acids is 1. The van der Waals surface area contributed by atoms with Crippen molar-refractivity contribution in [2.45, 2.75) is 33.4 Å². The summed E-state index contributed by atoms with van der Waals surface area (Å²) >= 11 is 7.79. The van der Waals surface area contributed by atoms with Crippen molar-refractivity contribution in [2.24, 2.45) is 0 Å². The largest absolute Gasteiger partial charge is 0.345 e. The molecule has 0 radical (unpaired) electrons. The maximum Gasteiger partial charge on any atom is 0.263 e. The molecule has 1 N–H and O–H groups in total. The molecule has 2 heterocycles. The summed E-state index contributed by atoms with van der Waals surface area (Å²) in [5.41, 5.74) is 2.10. The van der Waals surface area contributed by atoms with Gasteiger partial charge >= 0.3 is 0 Å². The lowest BCUT2D eigenvalue weighted by Gasteiger charge is -2.13. The number of nitrogens with zero attached hydrogens (tertiary/aromatic N) is 2. The molecular formula is C17H18ClN3OS. The van der Waals surface area contributed by atoms with Gasteiger partial charge in [0.25, 0.3) is 5.91 Å². The molecule has 3 rings (SSSR count). The first-order chi connectivity index (χ1) is 11.0. The van der Waals surface area contributed by atoms with E-state index in [1.54, 1.807) is 0 Å². The molecule has 1 aromatic carbocycles. The van der Waals surface area contributed by atoms with Gasteiger partial charge in [-0.15, -0.1) is 11.3 Å². The molecule has 0 fully saturated rings. The first kappa shape index (κ1) is 16.0. The van der Waals surface area contributed by atoms with Crippen LogP contribution in [0.5, 0.6) is 0 Å². The van der Waals surface area contributed by atoms with E-state index < -0.39 is 0 Å². The van der Waals surface area contributed by atoms with Gasteiger partial charge < -0.3 is 5.32 Å². The number of carbonyl (C=O) groups is 1. The average Bonchev–Trinajstić information content (AvgIpc) is 3.08. The Morgan fingerprint density at radius 2 is 2.17 bits per heavy atom. The SMILES string of the molecule is CCn1ncc(C(C)NC(=O)c2sc3ccccc3c2Cl)c1C. The summed E-state index contributed by atoms with van der Waals surface area (Å²) in [5, 5.41) is 8.80. The fourth-order valence-corrected chi connectivity index (χ4v) is 4.13. The van der Waals surface area contributed by atoms with Gasteiger partial charge in [0.15, 0.2) is 0 Å². The van der Waals surface area contributed by atoms with Crippen LogP contribution in [0, 0.1) is 6.92 Å². The van der Waals surface area contributed by atoms with E-state index in [4.69, 9.17) is 11.6 Å². The highest BCUT2D eigenvalue weighted by molar-refractivity contribution is 7.21. The molecule has 1 unspecified atom stereocenters. The summed E-state index contributed by atoms with van der Waals surface area (Å²) in [4.78, 5) is 13.1. The third-order valence-corrected chi connectivity index (χ3v) is 5.67. The Balaban J connectivity index is 1.85. The van der Waals surface area contributed by atoms with Crippen molar-refractivity contribution in [3.05, 3.63) is 51.6 Å². The number of hydrogen-bond acceptors (Lipinski definition) is 3. The predicted octanol–water partition coefficient (Wildman–Crippen LogP) is 4.57. The lowest BCUT2D eigenvalue weighted by Crippen LogP contribution is -2.26. The Morgan fingerprint density at radius 3 is 2.83 bits per heavy atom. The molecule has 2 aromatic heterocycles. The Hall–Kier alpha value is -1.85. The number of rotatable bonds is 4. The highest BCUT2D eigenvalue weighted by Crippen LogP contribution is 2.35. The van der Waals surface area contributed by atoms with Crippen LogP contribution in [0.3, 0.4) is 0 Å². The van der Waals surface area contributed by atoms with Gasteiger partial charge in [-0.3, -0.25) is 9.48 Å². The highest BCUT2D eigenvalue weighted by atomic mass is 35.5. The van der Waals surface area contributed by atoms with E-state index in [2.05, 4.69) is 10.4 Å². The predicted molar refractivity (Wildman–Crippen MR) is 95.4 cm³/mol. The molecule has 1 amide bonds. The molecular weight excluding hydrogens is 330 g/mol.